The predicted molar refractivity (Wildman–Crippen MR) is 96.5 cm³/mol. The number of carbonyl (C=O) groups is 2. The summed E-state index contributed by atoms with van der Waals surface area (Å²) < 4.78 is 0. The number of carbonyl (C=O) groups excluding carboxylic acids is 2. The quantitative estimate of drug-likeness (QED) is 0.859. The van der Waals surface area contributed by atoms with E-state index in [4.69, 9.17) is 0 Å². The minimum Gasteiger partial charge on any atom is -0.352 e. The van der Waals surface area contributed by atoms with Gasteiger partial charge in [0.1, 0.15) is 0 Å². The maximum atomic E-state index is 12.7. The monoisotopic (exact) mass is 340 g/mol. The third-order valence-corrected chi connectivity index (χ3v) is 6.22. The molecule has 2 amide bonds. The van der Waals surface area contributed by atoms with Crippen molar-refractivity contribution in [3.05, 3.63) is 0 Å². The number of nitrogens with zero attached hydrogens (tertiary/aromatic N) is 1. The van der Waals surface area contributed by atoms with Crippen LogP contribution in [0.4, 0.5) is 0 Å². The van der Waals surface area contributed by atoms with Gasteiger partial charge in [0, 0.05) is 29.8 Å². The first-order chi connectivity index (χ1) is 10.8. The van der Waals surface area contributed by atoms with Crippen LogP contribution in [0.25, 0.3) is 0 Å². The molecule has 2 fully saturated rings. The maximum absolute atomic E-state index is 12.7. The summed E-state index contributed by atoms with van der Waals surface area (Å²) >= 11 is 1.87. The van der Waals surface area contributed by atoms with E-state index >= 15 is 0 Å². The van der Waals surface area contributed by atoms with Crippen LogP contribution < -0.4 is 5.32 Å². The molecule has 1 heterocycles. The molecule has 2 rings (SSSR count). The molecule has 0 aromatic rings. The Morgan fingerprint density at radius 1 is 1.09 bits per heavy atom. The lowest BCUT2D eigenvalue weighted by atomic mass is 9.90. The standard InChI is InChI=1S/C18H32N2O2S/c1-18(2,3)17(22)20-11-7-8-13(12-20)16(21)19-14-9-5-6-10-15(14)23-4/h13-15H,5-12H2,1-4H3,(H,19,21). The van der Waals surface area contributed by atoms with Crippen LogP contribution >= 0.6 is 11.8 Å². The predicted octanol–water partition coefficient (Wildman–Crippen LogP) is 3.06. The smallest absolute Gasteiger partial charge is 0.227 e. The number of rotatable bonds is 3. The van der Waals surface area contributed by atoms with E-state index in [-0.39, 0.29) is 23.1 Å². The second-order valence-electron chi connectivity index (χ2n) is 8.01. The summed E-state index contributed by atoms with van der Waals surface area (Å²) in [5, 5.41) is 3.84. The van der Waals surface area contributed by atoms with Crippen molar-refractivity contribution in [2.24, 2.45) is 11.3 Å². The van der Waals surface area contributed by atoms with E-state index in [1.54, 1.807) is 0 Å². The number of amides is 2. The average Bonchev–Trinajstić information content (AvgIpc) is 2.54. The number of likely N-dealkylation sites (tertiary alicyclic amines) is 1. The van der Waals surface area contributed by atoms with Gasteiger partial charge in [-0.05, 0) is 31.9 Å². The highest BCUT2D eigenvalue weighted by Crippen LogP contribution is 2.28. The Bertz CT molecular complexity index is 433. The first-order valence-electron chi connectivity index (χ1n) is 8.95. The molecular weight excluding hydrogens is 308 g/mol. The average molecular weight is 341 g/mol. The molecular formula is C18H32N2O2S. The molecule has 0 aromatic carbocycles. The fraction of sp³-hybridized carbons (Fsp3) is 0.889. The first-order valence-corrected chi connectivity index (χ1v) is 10.2. The van der Waals surface area contributed by atoms with E-state index in [9.17, 15) is 9.59 Å². The highest BCUT2D eigenvalue weighted by Gasteiger charge is 2.35. The lowest BCUT2D eigenvalue weighted by molar-refractivity contribution is -0.142. The fourth-order valence-electron chi connectivity index (χ4n) is 3.69. The van der Waals surface area contributed by atoms with Gasteiger partial charge in [-0.15, -0.1) is 0 Å². The fourth-order valence-corrected chi connectivity index (χ4v) is 4.63. The molecule has 5 heteroatoms. The SMILES string of the molecule is CSC1CCCCC1NC(=O)C1CCCN(C(=O)C(C)(C)C)C1. The summed E-state index contributed by atoms with van der Waals surface area (Å²) in [6.45, 7) is 7.22. The number of hydrogen-bond acceptors (Lipinski definition) is 3. The number of nitrogens with one attached hydrogen (secondary N) is 1. The van der Waals surface area contributed by atoms with Gasteiger partial charge in [-0.1, -0.05) is 33.6 Å². The second kappa shape index (κ2) is 7.91. The van der Waals surface area contributed by atoms with Gasteiger partial charge in [0.2, 0.25) is 11.8 Å². The Hall–Kier alpha value is -0.710. The van der Waals surface area contributed by atoms with Crippen molar-refractivity contribution < 1.29 is 9.59 Å². The lowest BCUT2D eigenvalue weighted by Crippen LogP contribution is -2.51. The number of piperidine rings is 1. The molecule has 1 saturated heterocycles. The highest BCUT2D eigenvalue weighted by atomic mass is 32.2. The molecule has 3 atom stereocenters. The van der Waals surface area contributed by atoms with Crippen LogP contribution in [0.15, 0.2) is 0 Å². The van der Waals surface area contributed by atoms with Crippen molar-refractivity contribution in [3.63, 3.8) is 0 Å². The molecule has 1 saturated carbocycles. The number of hydrogen-bond donors (Lipinski definition) is 1. The Morgan fingerprint density at radius 3 is 2.43 bits per heavy atom. The highest BCUT2D eigenvalue weighted by molar-refractivity contribution is 7.99. The molecule has 1 N–H and O–H groups in total. The van der Waals surface area contributed by atoms with Gasteiger partial charge in [-0.3, -0.25) is 9.59 Å². The van der Waals surface area contributed by atoms with Gasteiger partial charge in [0.25, 0.3) is 0 Å². The van der Waals surface area contributed by atoms with E-state index in [1.165, 1.54) is 19.3 Å². The third kappa shape index (κ3) is 4.88. The van der Waals surface area contributed by atoms with Crippen molar-refractivity contribution in [1.29, 1.82) is 0 Å². The summed E-state index contributed by atoms with van der Waals surface area (Å²) in [5.41, 5.74) is -0.369. The molecule has 1 aliphatic carbocycles. The van der Waals surface area contributed by atoms with Gasteiger partial charge in [-0.2, -0.15) is 11.8 Å². The molecule has 0 radical (unpaired) electrons. The van der Waals surface area contributed by atoms with Crippen LogP contribution in [0, 0.1) is 11.3 Å². The van der Waals surface area contributed by atoms with E-state index in [2.05, 4.69) is 11.6 Å². The van der Waals surface area contributed by atoms with E-state index in [0.29, 0.717) is 17.8 Å². The Morgan fingerprint density at radius 2 is 1.78 bits per heavy atom. The van der Waals surface area contributed by atoms with Crippen molar-refractivity contribution in [3.8, 4) is 0 Å². The van der Waals surface area contributed by atoms with Crippen LogP contribution in [-0.2, 0) is 9.59 Å². The van der Waals surface area contributed by atoms with Crippen LogP contribution in [0.3, 0.4) is 0 Å². The van der Waals surface area contributed by atoms with E-state index in [0.717, 1.165) is 25.8 Å². The maximum Gasteiger partial charge on any atom is 0.227 e. The summed E-state index contributed by atoms with van der Waals surface area (Å²) in [6, 6.07) is 0.306. The summed E-state index contributed by atoms with van der Waals surface area (Å²) in [5.74, 6) is 0.275. The van der Waals surface area contributed by atoms with Gasteiger partial charge < -0.3 is 10.2 Å². The van der Waals surface area contributed by atoms with Crippen LogP contribution in [0.5, 0.6) is 0 Å². The second-order valence-corrected chi connectivity index (χ2v) is 9.09. The zero-order chi connectivity index (χ0) is 17.0. The molecule has 0 bridgehead atoms. The minimum atomic E-state index is -0.369. The summed E-state index contributed by atoms with van der Waals surface area (Å²) in [6.07, 6.45) is 8.74. The van der Waals surface area contributed by atoms with Crippen molar-refractivity contribution >= 4 is 23.6 Å². The molecule has 3 unspecified atom stereocenters. The normalized spacial score (nSPS) is 29.2. The van der Waals surface area contributed by atoms with Gasteiger partial charge in [0.15, 0.2) is 0 Å². The van der Waals surface area contributed by atoms with Crippen LogP contribution in [0.1, 0.15) is 59.3 Å². The van der Waals surface area contributed by atoms with Crippen molar-refractivity contribution in [2.75, 3.05) is 19.3 Å². The molecule has 1 aliphatic heterocycles. The number of thioether (sulfide) groups is 1. The molecule has 0 aromatic heterocycles. The van der Waals surface area contributed by atoms with Gasteiger partial charge >= 0.3 is 0 Å². The minimum absolute atomic E-state index is 0.0421. The Balaban J connectivity index is 1.92. The van der Waals surface area contributed by atoms with E-state index in [1.807, 2.05) is 37.4 Å². The van der Waals surface area contributed by atoms with Crippen molar-refractivity contribution in [1.82, 2.24) is 10.2 Å². The van der Waals surface area contributed by atoms with Gasteiger partial charge in [-0.25, -0.2) is 0 Å². The lowest BCUT2D eigenvalue weighted by Gasteiger charge is -2.37. The van der Waals surface area contributed by atoms with Crippen LogP contribution in [0.2, 0.25) is 0 Å². The van der Waals surface area contributed by atoms with Gasteiger partial charge in [0.05, 0.1) is 5.92 Å². The Labute approximate surface area is 145 Å². The Kier molecular flexibility index (Phi) is 6.40. The molecule has 0 spiro atoms. The zero-order valence-electron chi connectivity index (χ0n) is 15.1. The van der Waals surface area contributed by atoms with Crippen molar-refractivity contribution in [2.45, 2.75) is 70.6 Å². The largest absolute Gasteiger partial charge is 0.352 e. The molecule has 2 aliphatic rings. The zero-order valence-corrected chi connectivity index (χ0v) is 15.9. The summed E-state index contributed by atoms with van der Waals surface area (Å²) in [4.78, 5) is 27.0. The first kappa shape index (κ1) is 18.6. The molecule has 132 valence electrons. The van der Waals surface area contributed by atoms with Crippen LogP contribution in [-0.4, -0.2) is 47.4 Å². The van der Waals surface area contributed by atoms with E-state index < -0.39 is 0 Å². The summed E-state index contributed by atoms with van der Waals surface area (Å²) in [7, 11) is 0. The third-order valence-electron chi connectivity index (χ3n) is 5.05. The molecule has 23 heavy (non-hydrogen) atoms. The topological polar surface area (TPSA) is 49.4 Å². The molecule has 4 nitrogen and oxygen atoms in total.